The largest absolute Gasteiger partial charge is 0.490 e. The molecule has 2 aromatic heterocycles. The number of aliphatic hydroxyl groups is 2. The Labute approximate surface area is 187 Å². The van der Waals surface area contributed by atoms with Crippen molar-refractivity contribution in [1.29, 1.82) is 0 Å². The number of anilines is 1. The molecule has 1 saturated heterocycles. The summed E-state index contributed by atoms with van der Waals surface area (Å²) in [4.78, 5) is 43.5. The SMILES string of the molecule is C#C[C@]1(O)[C@H](n2cc(F)c3c(N)ncnc32)O[C@@H]2C(OP(=O)(O)OP(=O)(O)OP(=O)(O)O)[C@@]21O. The van der Waals surface area contributed by atoms with E-state index in [4.69, 9.17) is 26.7 Å². The number of nitrogen functional groups attached to an aromatic ring is 1. The summed E-state index contributed by atoms with van der Waals surface area (Å²) in [5.74, 6) is 0.668. The maximum absolute atomic E-state index is 14.4. The molecule has 2 fully saturated rings. The van der Waals surface area contributed by atoms with Gasteiger partial charge in [0, 0.05) is 6.20 Å². The van der Waals surface area contributed by atoms with Gasteiger partial charge in [0.1, 0.15) is 24.4 Å². The van der Waals surface area contributed by atoms with Gasteiger partial charge in [-0.25, -0.2) is 28.1 Å². The third kappa shape index (κ3) is 3.91. The van der Waals surface area contributed by atoms with Gasteiger partial charge in [0.15, 0.2) is 23.3 Å². The van der Waals surface area contributed by atoms with Crippen molar-refractivity contribution >= 4 is 40.3 Å². The van der Waals surface area contributed by atoms with Crippen molar-refractivity contribution in [3.05, 3.63) is 18.3 Å². The van der Waals surface area contributed by atoms with Crippen LogP contribution in [0.5, 0.6) is 0 Å². The van der Waals surface area contributed by atoms with Gasteiger partial charge >= 0.3 is 23.5 Å². The Kier molecular flexibility index (Phi) is 5.65. The predicted molar refractivity (Wildman–Crippen MR) is 103 cm³/mol. The highest BCUT2D eigenvalue weighted by Crippen LogP contribution is 2.70. The molecule has 7 atom stereocenters. The molecule has 1 saturated carbocycles. The first-order valence-electron chi connectivity index (χ1n) is 8.62. The maximum atomic E-state index is 14.4. The van der Waals surface area contributed by atoms with E-state index >= 15 is 0 Å². The summed E-state index contributed by atoms with van der Waals surface area (Å²) in [6.07, 6.45) is 1.79. The molecule has 186 valence electrons. The molecule has 8 N–H and O–H groups in total. The summed E-state index contributed by atoms with van der Waals surface area (Å²) >= 11 is 0. The lowest BCUT2D eigenvalue weighted by Gasteiger charge is -2.32. The minimum Gasteiger partial charge on any atom is -0.383 e. The van der Waals surface area contributed by atoms with Crippen molar-refractivity contribution in [2.45, 2.75) is 29.6 Å². The topological polar surface area (TPSA) is 266 Å². The molecule has 3 unspecified atom stereocenters. The zero-order chi connectivity index (χ0) is 25.5. The van der Waals surface area contributed by atoms with Crippen molar-refractivity contribution in [3.63, 3.8) is 0 Å². The second-order valence-corrected chi connectivity index (χ2v) is 11.5. The van der Waals surface area contributed by atoms with Gasteiger partial charge in [-0.15, -0.1) is 6.42 Å². The molecule has 0 amide bonds. The van der Waals surface area contributed by atoms with Gasteiger partial charge in [-0.1, -0.05) is 5.92 Å². The molecule has 0 radical (unpaired) electrons. The summed E-state index contributed by atoms with van der Waals surface area (Å²) < 4.78 is 66.6. The highest BCUT2D eigenvalue weighted by molar-refractivity contribution is 7.66. The zero-order valence-electron chi connectivity index (χ0n) is 16.1. The van der Waals surface area contributed by atoms with Gasteiger partial charge < -0.3 is 40.3 Å². The third-order valence-corrected chi connectivity index (χ3v) is 8.83. The minimum atomic E-state index is -5.84. The van der Waals surface area contributed by atoms with E-state index in [2.05, 4.69) is 23.1 Å². The Morgan fingerprint density at radius 3 is 2.41 bits per heavy atom. The van der Waals surface area contributed by atoms with E-state index in [0.717, 1.165) is 17.1 Å². The number of ether oxygens (including phenoxy) is 1. The Bertz CT molecular complexity index is 1370. The van der Waals surface area contributed by atoms with Crippen LogP contribution in [-0.4, -0.2) is 67.7 Å². The quantitative estimate of drug-likeness (QED) is 0.160. The van der Waals surface area contributed by atoms with Crippen molar-refractivity contribution in [2.75, 3.05) is 5.73 Å². The van der Waals surface area contributed by atoms with Gasteiger partial charge in [-0.3, -0.25) is 9.09 Å². The van der Waals surface area contributed by atoms with E-state index in [1.165, 1.54) is 0 Å². The fourth-order valence-electron chi connectivity index (χ4n) is 3.63. The van der Waals surface area contributed by atoms with E-state index in [0.29, 0.717) is 0 Å². The third-order valence-electron chi connectivity index (χ3n) is 5.00. The molecule has 0 spiro atoms. The van der Waals surface area contributed by atoms with Crippen LogP contribution >= 0.6 is 23.5 Å². The number of aromatic nitrogens is 3. The summed E-state index contributed by atoms with van der Waals surface area (Å²) in [5.41, 5.74) is 0.0426. The van der Waals surface area contributed by atoms with Crippen LogP contribution in [-0.2, 0) is 31.6 Å². The number of nitrogens with zero attached hydrogens (tertiary/aromatic N) is 3. The number of phosphoric acid groups is 3. The second-order valence-electron chi connectivity index (χ2n) is 7.10. The Morgan fingerprint density at radius 2 is 1.82 bits per heavy atom. The molecule has 21 heteroatoms. The minimum absolute atomic E-state index is 0.182. The predicted octanol–water partition coefficient (Wildman–Crippen LogP) is -1.13. The van der Waals surface area contributed by atoms with E-state index in [1.54, 1.807) is 0 Å². The molecule has 17 nitrogen and oxygen atoms in total. The first-order chi connectivity index (χ1) is 15.5. The lowest BCUT2D eigenvalue weighted by molar-refractivity contribution is -0.132. The van der Waals surface area contributed by atoms with Crippen LogP contribution in [0.1, 0.15) is 6.23 Å². The summed E-state index contributed by atoms with van der Waals surface area (Å²) in [6, 6.07) is 0. The molecule has 1 aliphatic carbocycles. The fraction of sp³-hybridized carbons (Fsp3) is 0.385. The van der Waals surface area contributed by atoms with E-state index in [-0.39, 0.29) is 16.9 Å². The molecule has 34 heavy (non-hydrogen) atoms. The molecule has 1 aliphatic heterocycles. The number of nitrogens with two attached hydrogens (primary N) is 1. The molecule has 2 aliphatic rings. The molecule has 3 heterocycles. The first-order valence-corrected chi connectivity index (χ1v) is 13.1. The average Bonchev–Trinajstić information content (AvgIpc) is 2.95. The lowest BCUT2D eigenvalue weighted by Crippen LogP contribution is -2.50. The van der Waals surface area contributed by atoms with Crippen molar-refractivity contribution in [1.82, 2.24) is 14.5 Å². The van der Waals surface area contributed by atoms with Crippen LogP contribution in [0.4, 0.5) is 10.2 Å². The smallest absolute Gasteiger partial charge is 0.383 e. The van der Waals surface area contributed by atoms with E-state index in [1.807, 2.05) is 5.92 Å². The number of fused-ring (bicyclic) bond motifs is 2. The van der Waals surface area contributed by atoms with Crippen LogP contribution in [0.3, 0.4) is 0 Å². The summed E-state index contributed by atoms with van der Waals surface area (Å²) in [7, 11) is -17.2. The number of phosphoric ester groups is 1. The van der Waals surface area contributed by atoms with E-state index < -0.39 is 58.9 Å². The molecule has 0 bridgehead atoms. The fourth-order valence-corrected chi connectivity index (χ4v) is 6.85. The van der Waals surface area contributed by atoms with Crippen LogP contribution in [0.15, 0.2) is 12.5 Å². The van der Waals surface area contributed by atoms with E-state index in [9.17, 15) is 38.1 Å². The maximum Gasteiger partial charge on any atom is 0.490 e. The van der Waals surface area contributed by atoms with Crippen LogP contribution in [0, 0.1) is 18.2 Å². The lowest BCUT2D eigenvalue weighted by atomic mass is 9.94. The number of halogens is 1. The van der Waals surface area contributed by atoms with Crippen LogP contribution < -0.4 is 5.73 Å². The Hall–Kier alpha value is -1.80. The van der Waals surface area contributed by atoms with Crippen molar-refractivity contribution < 1.29 is 65.8 Å². The zero-order valence-corrected chi connectivity index (χ0v) is 18.8. The van der Waals surface area contributed by atoms with Gasteiger partial charge in [0.05, 0.1) is 5.39 Å². The number of rotatable bonds is 7. The highest BCUT2D eigenvalue weighted by atomic mass is 31.3. The Balaban J connectivity index is 1.60. The Morgan fingerprint density at radius 1 is 1.18 bits per heavy atom. The normalized spacial score (nSPS) is 34.2. The number of hydrogen-bond donors (Lipinski definition) is 7. The molecule has 0 aromatic carbocycles. The standard InChI is InChI=1S/C13H14FN4O13P3/c1-2-12(19)11(18-3-5(14)6-9(15)16-4-17-10(6)18)28-7-8(13(7,12)20)29-33(24,25)31-34(26,27)30-32(21,22)23/h1,3-4,7-8,11,19-20H,(H,24,25)(H,26,27)(H2,15,16,17)(H2,21,22,23)/t7-,8?,11-,12+,13+/m1/s1. The highest BCUT2D eigenvalue weighted by Gasteiger charge is 2.85. The van der Waals surface area contributed by atoms with Crippen LogP contribution in [0.25, 0.3) is 11.0 Å². The van der Waals surface area contributed by atoms with Crippen LogP contribution in [0.2, 0.25) is 0 Å². The molecule has 2 aromatic rings. The number of hydrogen-bond acceptors (Lipinski definition) is 12. The average molecular weight is 546 g/mol. The summed E-state index contributed by atoms with van der Waals surface area (Å²) in [6.45, 7) is 0. The second kappa shape index (κ2) is 7.60. The van der Waals surface area contributed by atoms with Gasteiger partial charge in [0.2, 0.25) is 5.60 Å². The monoisotopic (exact) mass is 546 g/mol. The molecular weight excluding hydrogens is 532 g/mol. The number of terminal acetylenes is 1. The molecular formula is C13H14FN4O13P3. The van der Waals surface area contributed by atoms with Crippen molar-refractivity contribution in [2.24, 2.45) is 0 Å². The van der Waals surface area contributed by atoms with Gasteiger partial charge in [-0.05, 0) is 0 Å². The van der Waals surface area contributed by atoms with Crippen molar-refractivity contribution in [3.8, 4) is 12.3 Å². The molecule has 4 rings (SSSR count). The first kappa shape index (κ1) is 25.3. The van der Waals surface area contributed by atoms with Gasteiger partial charge in [0.25, 0.3) is 0 Å². The summed E-state index contributed by atoms with van der Waals surface area (Å²) in [5, 5.41) is 21.7. The van der Waals surface area contributed by atoms with Gasteiger partial charge in [-0.2, -0.15) is 8.62 Å².